The number of rotatable bonds is 3. The normalized spacial score (nSPS) is 10.1. The molecule has 1 amide bonds. The number of nitrogens with zero attached hydrogens (tertiary/aromatic N) is 6. The number of fused-ring (bicyclic) bond motifs is 1. The van der Waals surface area contributed by atoms with Gasteiger partial charge >= 0.3 is 0 Å². The van der Waals surface area contributed by atoms with Gasteiger partial charge in [-0.3, -0.25) is 9.36 Å². The number of imidazole rings is 2. The molecule has 128 valence electrons. The van der Waals surface area contributed by atoms with Gasteiger partial charge in [-0.05, 0) is 36.4 Å². The minimum atomic E-state index is -0.303. The maximum absolute atomic E-state index is 12.3. The molecule has 0 aliphatic heterocycles. The minimum Gasteiger partial charge on any atom is -0.305 e. The van der Waals surface area contributed by atoms with Crippen molar-refractivity contribution in [3.63, 3.8) is 0 Å². The molecular weight excluding hydrogens is 330 g/mol. The summed E-state index contributed by atoms with van der Waals surface area (Å²) in [7, 11) is 0. The fraction of sp³-hybridized carbons (Fsp3) is 0.0556. The van der Waals surface area contributed by atoms with Crippen LogP contribution >= 0.6 is 0 Å². The largest absolute Gasteiger partial charge is 0.305 e. The number of carbonyl (C=O) groups is 1. The zero-order chi connectivity index (χ0) is 17.2. The lowest BCUT2D eigenvalue weighted by Gasteiger charge is -2.01. The van der Waals surface area contributed by atoms with Gasteiger partial charge in [-0.15, -0.1) is 5.10 Å². The second kappa shape index (κ2) is 6.86. The molecule has 0 aliphatic rings. The summed E-state index contributed by atoms with van der Waals surface area (Å²) in [6.45, 7) is 0. The fourth-order valence-corrected chi connectivity index (χ4v) is 2.35. The van der Waals surface area contributed by atoms with E-state index in [4.69, 9.17) is 5.26 Å². The van der Waals surface area contributed by atoms with Crippen molar-refractivity contribution in [2.24, 2.45) is 0 Å². The van der Waals surface area contributed by atoms with Crippen LogP contribution < -0.4 is 5.32 Å². The van der Waals surface area contributed by atoms with Crippen LogP contribution in [0.25, 0.3) is 11.5 Å². The van der Waals surface area contributed by atoms with E-state index in [-0.39, 0.29) is 13.3 Å². The van der Waals surface area contributed by atoms with Gasteiger partial charge in [0, 0.05) is 18.0 Å². The molecule has 1 aromatic carbocycles. The number of amides is 1. The third-order valence-electron chi connectivity index (χ3n) is 3.59. The van der Waals surface area contributed by atoms with Crippen LogP contribution in [0.4, 0.5) is 5.82 Å². The molecule has 0 atom stereocenters. The molecule has 0 unspecified atom stereocenters. The summed E-state index contributed by atoms with van der Waals surface area (Å²) < 4.78 is 3.36. The average Bonchev–Trinajstić information content (AvgIpc) is 3.30. The summed E-state index contributed by atoms with van der Waals surface area (Å²) in [6, 6.07) is 12.0. The van der Waals surface area contributed by atoms with Crippen molar-refractivity contribution in [1.82, 2.24) is 24.1 Å². The van der Waals surface area contributed by atoms with E-state index in [0.29, 0.717) is 28.4 Å². The van der Waals surface area contributed by atoms with Gasteiger partial charge in [-0.25, -0.2) is 14.5 Å². The third-order valence-corrected chi connectivity index (χ3v) is 3.59. The summed E-state index contributed by atoms with van der Waals surface area (Å²) >= 11 is 0. The Kier molecular flexibility index (Phi) is 4.45. The molecule has 0 saturated carbocycles. The molecular formula is C18H15N7O. The molecule has 0 fully saturated rings. The van der Waals surface area contributed by atoms with Crippen LogP contribution in [0.3, 0.4) is 0 Å². The van der Waals surface area contributed by atoms with Crippen LogP contribution in [-0.2, 0) is 0 Å². The summed E-state index contributed by atoms with van der Waals surface area (Å²) in [6.07, 6.45) is 6.75. The predicted octanol–water partition coefficient (Wildman–Crippen LogP) is 2.68. The Morgan fingerprint density at radius 1 is 1.15 bits per heavy atom. The Morgan fingerprint density at radius 2 is 1.96 bits per heavy atom. The van der Waals surface area contributed by atoms with Crippen molar-refractivity contribution in [1.29, 1.82) is 5.26 Å². The van der Waals surface area contributed by atoms with E-state index >= 15 is 0 Å². The first-order chi connectivity index (χ1) is 12.2. The molecule has 8 heteroatoms. The van der Waals surface area contributed by atoms with Gasteiger partial charge in [0.1, 0.15) is 6.33 Å². The zero-order valence-corrected chi connectivity index (χ0v) is 12.9. The molecule has 0 bridgehead atoms. The van der Waals surface area contributed by atoms with Crippen LogP contribution in [0.15, 0.2) is 61.3 Å². The summed E-state index contributed by atoms with van der Waals surface area (Å²) in [5.74, 6) is 0.778. The molecule has 3 heterocycles. The van der Waals surface area contributed by atoms with E-state index in [1.165, 1.54) is 0 Å². The highest BCUT2D eigenvalue weighted by Crippen LogP contribution is 2.13. The molecule has 0 radical (unpaired) electrons. The Hall–Kier alpha value is -3.99. The van der Waals surface area contributed by atoms with Gasteiger partial charge in [-0.1, -0.05) is 7.43 Å². The summed E-state index contributed by atoms with van der Waals surface area (Å²) in [5.41, 5.74) is 1.56. The SMILES string of the molecule is C.N#Cc1ccc(C(=O)Nc2cn3nc(-n4ccnc4)ccc3n2)cc1. The number of benzene rings is 1. The lowest BCUT2D eigenvalue weighted by atomic mass is 10.1. The van der Waals surface area contributed by atoms with E-state index in [9.17, 15) is 4.79 Å². The monoisotopic (exact) mass is 345 g/mol. The topological polar surface area (TPSA) is 101 Å². The number of nitriles is 1. The number of hydrogen-bond acceptors (Lipinski definition) is 5. The van der Waals surface area contributed by atoms with Crippen molar-refractivity contribution in [3.8, 4) is 11.9 Å². The Balaban J connectivity index is 0.00000196. The van der Waals surface area contributed by atoms with Gasteiger partial charge in [0.25, 0.3) is 5.91 Å². The lowest BCUT2D eigenvalue weighted by molar-refractivity contribution is 0.102. The van der Waals surface area contributed by atoms with Gasteiger partial charge in [0.15, 0.2) is 17.3 Å². The van der Waals surface area contributed by atoms with Gasteiger partial charge < -0.3 is 5.32 Å². The second-order valence-electron chi connectivity index (χ2n) is 5.23. The first-order valence-electron chi connectivity index (χ1n) is 7.39. The van der Waals surface area contributed by atoms with Crippen molar-refractivity contribution in [3.05, 3.63) is 72.4 Å². The predicted molar refractivity (Wildman–Crippen MR) is 96.0 cm³/mol. The van der Waals surface area contributed by atoms with Crippen LogP contribution in [0.5, 0.6) is 0 Å². The van der Waals surface area contributed by atoms with Crippen molar-refractivity contribution in [2.75, 3.05) is 5.32 Å². The van der Waals surface area contributed by atoms with Crippen molar-refractivity contribution >= 4 is 17.4 Å². The number of nitrogens with one attached hydrogen (secondary N) is 1. The number of anilines is 1. The molecule has 1 N–H and O–H groups in total. The second-order valence-corrected chi connectivity index (χ2v) is 5.23. The quantitative estimate of drug-likeness (QED) is 0.615. The van der Waals surface area contributed by atoms with Gasteiger partial charge in [0.2, 0.25) is 0 Å². The average molecular weight is 345 g/mol. The van der Waals surface area contributed by atoms with Crippen molar-refractivity contribution < 1.29 is 4.79 Å². The Bertz CT molecular complexity index is 1090. The maximum Gasteiger partial charge on any atom is 0.256 e. The van der Waals surface area contributed by atoms with Gasteiger partial charge in [0.05, 0.1) is 17.8 Å². The molecule has 4 aromatic rings. The molecule has 8 nitrogen and oxygen atoms in total. The van der Waals surface area contributed by atoms with E-state index in [1.54, 1.807) is 64.3 Å². The molecule has 4 rings (SSSR count). The Labute approximate surface area is 149 Å². The van der Waals surface area contributed by atoms with Gasteiger partial charge in [-0.2, -0.15) is 5.26 Å². The van der Waals surface area contributed by atoms with Crippen molar-refractivity contribution in [2.45, 2.75) is 7.43 Å². The minimum absolute atomic E-state index is 0. The van der Waals surface area contributed by atoms with Crippen LogP contribution in [0.1, 0.15) is 23.3 Å². The number of aromatic nitrogens is 5. The number of carbonyl (C=O) groups excluding carboxylic acids is 1. The van der Waals surface area contributed by atoms with E-state index in [1.807, 2.05) is 12.1 Å². The molecule has 0 aliphatic carbocycles. The summed E-state index contributed by atoms with van der Waals surface area (Å²) in [5, 5.41) is 16.0. The van der Waals surface area contributed by atoms with Crippen LogP contribution in [-0.4, -0.2) is 30.1 Å². The van der Waals surface area contributed by atoms with E-state index in [0.717, 1.165) is 0 Å². The third kappa shape index (κ3) is 3.14. The fourth-order valence-electron chi connectivity index (χ4n) is 2.35. The standard InChI is InChI=1S/C17H11N7O.CH4/c18-9-12-1-3-13(4-2-12)17(25)21-14-10-24-15(20-14)5-6-16(22-24)23-8-7-19-11-23;/h1-8,10-11H,(H,21,25);1H4. The van der Waals surface area contributed by atoms with Crippen LogP contribution in [0, 0.1) is 11.3 Å². The first-order valence-corrected chi connectivity index (χ1v) is 7.39. The summed E-state index contributed by atoms with van der Waals surface area (Å²) in [4.78, 5) is 20.6. The van der Waals surface area contributed by atoms with E-state index in [2.05, 4.69) is 20.4 Å². The highest BCUT2D eigenvalue weighted by molar-refractivity contribution is 6.03. The highest BCUT2D eigenvalue weighted by Gasteiger charge is 2.10. The highest BCUT2D eigenvalue weighted by atomic mass is 16.1. The molecule has 0 saturated heterocycles. The Morgan fingerprint density at radius 3 is 2.65 bits per heavy atom. The molecule has 3 aromatic heterocycles. The molecule has 0 spiro atoms. The zero-order valence-electron chi connectivity index (χ0n) is 12.9. The number of hydrogen-bond donors (Lipinski definition) is 1. The molecule has 26 heavy (non-hydrogen) atoms. The maximum atomic E-state index is 12.3. The van der Waals surface area contributed by atoms with Crippen LogP contribution in [0.2, 0.25) is 0 Å². The lowest BCUT2D eigenvalue weighted by Crippen LogP contribution is -2.11. The first kappa shape index (κ1) is 16.9. The smallest absolute Gasteiger partial charge is 0.256 e. The van der Waals surface area contributed by atoms with E-state index < -0.39 is 0 Å².